The number of hydrogen-bond acceptors (Lipinski definition) is 2. The van der Waals surface area contributed by atoms with Gasteiger partial charge in [0, 0.05) is 18.8 Å². The monoisotopic (exact) mass is 261 g/mol. The van der Waals surface area contributed by atoms with Crippen molar-refractivity contribution < 1.29 is 14.0 Å². The van der Waals surface area contributed by atoms with Crippen LogP contribution in [0.4, 0.5) is 4.39 Å². The highest BCUT2D eigenvalue weighted by molar-refractivity contribution is 5.98. The minimum Gasteiger partial charge on any atom is -0.347 e. The highest BCUT2D eigenvalue weighted by atomic mass is 19.1. The molecule has 0 spiro atoms. The van der Waals surface area contributed by atoms with Gasteiger partial charge in [-0.2, -0.15) is 0 Å². The lowest BCUT2D eigenvalue weighted by Crippen LogP contribution is -2.42. The van der Waals surface area contributed by atoms with Crippen molar-refractivity contribution in [3.63, 3.8) is 0 Å². The van der Waals surface area contributed by atoms with E-state index in [-0.39, 0.29) is 5.56 Å². The summed E-state index contributed by atoms with van der Waals surface area (Å²) in [5, 5.41) is 0. The number of hydrazine groups is 1. The van der Waals surface area contributed by atoms with Crippen LogP contribution in [0.3, 0.4) is 0 Å². The van der Waals surface area contributed by atoms with Crippen LogP contribution in [-0.2, 0) is 7.05 Å². The van der Waals surface area contributed by atoms with Crippen LogP contribution in [0.5, 0.6) is 0 Å². The molecule has 0 fully saturated rings. The molecule has 0 aliphatic rings. The summed E-state index contributed by atoms with van der Waals surface area (Å²) < 4.78 is 14.3. The van der Waals surface area contributed by atoms with E-state index in [1.54, 1.807) is 29.9 Å². The topological polar surface area (TPSA) is 63.1 Å². The van der Waals surface area contributed by atoms with Gasteiger partial charge < -0.3 is 4.57 Å². The van der Waals surface area contributed by atoms with Crippen molar-refractivity contribution in [3.8, 4) is 0 Å². The highest BCUT2D eigenvalue weighted by Gasteiger charge is 2.10. The highest BCUT2D eigenvalue weighted by Crippen LogP contribution is 2.02. The van der Waals surface area contributed by atoms with Crippen molar-refractivity contribution in [1.82, 2.24) is 15.4 Å². The third kappa shape index (κ3) is 2.98. The van der Waals surface area contributed by atoms with E-state index in [1.807, 2.05) is 0 Å². The minimum absolute atomic E-state index is 0.258. The van der Waals surface area contributed by atoms with Crippen molar-refractivity contribution in [2.24, 2.45) is 7.05 Å². The number of aromatic nitrogens is 1. The van der Waals surface area contributed by atoms with E-state index in [2.05, 4.69) is 10.9 Å². The van der Waals surface area contributed by atoms with E-state index in [0.717, 1.165) is 0 Å². The number of nitrogens with one attached hydrogen (secondary N) is 2. The Morgan fingerprint density at radius 2 is 1.68 bits per heavy atom. The maximum Gasteiger partial charge on any atom is 0.286 e. The van der Waals surface area contributed by atoms with E-state index in [4.69, 9.17) is 0 Å². The van der Waals surface area contributed by atoms with Gasteiger partial charge >= 0.3 is 0 Å². The Morgan fingerprint density at radius 3 is 2.26 bits per heavy atom. The number of benzene rings is 1. The van der Waals surface area contributed by atoms with E-state index in [9.17, 15) is 14.0 Å². The molecular weight excluding hydrogens is 249 g/mol. The Labute approximate surface area is 109 Å². The molecule has 0 radical (unpaired) electrons. The van der Waals surface area contributed by atoms with Gasteiger partial charge in [0.2, 0.25) is 0 Å². The first-order chi connectivity index (χ1) is 9.08. The molecule has 98 valence electrons. The number of carbonyl (C=O) groups excluding carboxylic acids is 2. The molecule has 2 amide bonds. The van der Waals surface area contributed by atoms with E-state index >= 15 is 0 Å². The van der Waals surface area contributed by atoms with Crippen molar-refractivity contribution in [2.45, 2.75) is 0 Å². The molecule has 0 saturated heterocycles. The summed E-state index contributed by atoms with van der Waals surface area (Å²) in [6, 6.07) is 8.36. The minimum atomic E-state index is -0.512. The summed E-state index contributed by atoms with van der Waals surface area (Å²) in [6.45, 7) is 0. The zero-order valence-corrected chi connectivity index (χ0v) is 10.2. The fourth-order valence-corrected chi connectivity index (χ4v) is 1.55. The van der Waals surface area contributed by atoms with Crippen LogP contribution in [0, 0.1) is 5.82 Å². The first-order valence-corrected chi connectivity index (χ1v) is 5.55. The molecule has 0 atom stereocenters. The summed E-state index contributed by atoms with van der Waals surface area (Å²) in [5.41, 5.74) is 5.22. The van der Waals surface area contributed by atoms with Crippen molar-refractivity contribution in [2.75, 3.05) is 0 Å². The average molecular weight is 261 g/mol. The molecule has 6 heteroatoms. The summed E-state index contributed by atoms with van der Waals surface area (Å²) in [4.78, 5) is 23.4. The molecule has 5 nitrogen and oxygen atoms in total. The number of halogens is 1. The fourth-order valence-electron chi connectivity index (χ4n) is 1.55. The number of aryl methyl sites for hydroxylation is 1. The van der Waals surface area contributed by atoms with Gasteiger partial charge in [0.05, 0.1) is 0 Å². The Hall–Kier alpha value is -2.63. The quantitative estimate of drug-likeness (QED) is 0.799. The number of carbonyl (C=O) groups is 2. The molecule has 1 aromatic heterocycles. The number of hydrogen-bond donors (Lipinski definition) is 2. The normalized spacial score (nSPS) is 10.0. The molecule has 1 heterocycles. The first-order valence-electron chi connectivity index (χ1n) is 5.55. The fraction of sp³-hybridized carbons (Fsp3) is 0.0769. The van der Waals surface area contributed by atoms with Gasteiger partial charge in [0.25, 0.3) is 11.8 Å². The smallest absolute Gasteiger partial charge is 0.286 e. The summed E-state index contributed by atoms with van der Waals surface area (Å²) in [5.74, 6) is -1.37. The predicted octanol–water partition coefficient (Wildman–Crippen LogP) is 1.24. The maximum atomic E-state index is 12.7. The van der Waals surface area contributed by atoms with Crippen molar-refractivity contribution in [1.29, 1.82) is 0 Å². The summed E-state index contributed by atoms with van der Waals surface area (Å²) >= 11 is 0. The molecule has 0 bridgehead atoms. The van der Waals surface area contributed by atoms with Gasteiger partial charge in [-0.3, -0.25) is 20.4 Å². The van der Waals surface area contributed by atoms with Crippen molar-refractivity contribution in [3.05, 3.63) is 59.7 Å². The predicted molar refractivity (Wildman–Crippen MR) is 66.7 cm³/mol. The van der Waals surface area contributed by atoms with E-state index in [1.165, 1.54) is 24.3 Å². The lowest BCUT2D eigenvalue weighted by atomic mass is 10.2. The van der Waals surface area contributed by atoms with Crippen LogP contribution < -0.4 is 10.9 Å². The second-order valence-corrected chi connectivity index (χ2v) is 3.92. The molecule has 19 heavy (non-hydrogen) atoms. The van der Waals surface area contributed by atoms with E-state index < -0.39 is 17.6 Å². The molecule has 2 aromatic rings. The number of nitrogens with zero attached hydrogens (tertiary/aromatic N) is 1. The molecule has 0 aliphatic carbocycles. The Morgan fingerprint density at radius 1 is 1.05 bits per heavy atom. The lowest BCUT2D eigenvalue weighted by Gasteiger charge is -2.07. The zero-order chi connectivity index (χ0) is 13.8. The largest absolute Gasteiger partial charge is 0.347 e. The Bertz CT molecular complexity index is 605. The van der Waals surface area contributed by atoms with Crippen LogP contribution in [-0.4, -0.2) is 16.4 Å². The molecule has 1 aromatic carbocycles. The number of rotatable bonds is 2. The summed E-state index contributed by atoms with van der Waals surface area (Å²) in [6.07, 6.45) is 1.72. The Kier molecular flexibility index (Phi) is 3.61. The molecule has 2 N–H and O–H groups in total. The van der Waals surface area contributed by atoms with Gasteiger partial charge in [0.1, 0.15) is 11.5 Å². The van der Waals surface area contributed by atoms with Gasteiger partial charge in [-0.1, -0.05) is 0 Å². The molecule has 2 rings (SSSR count). The van der Waals surface area contributed by atoms with Gasteiger partial charge in [-0.25, -0.2) is 4.39 Å². The van der Waals surface area contributed by atoms with Crippen LogP contribution in [0.15, 0.2) is 42.6 Å². The van der Waals surface area contributed by atoms with Gasteiger partial charge in [-0.15, -0.1) is 0 Å². The van der Waals surface area contributed by atoms with Crippen LogP contribution in [0.25, 0.3) is 0 Å². The second-order valence-electron chi connectivity index (χ2n) is 3.92. The average Bonchev–Trinajstić information content (AvgIpc) is 2.83. The first kappa shape index (κ1) is 12.8. The summed E-state index contributed by atoms with van der Waals surface area (Å²) in [7, 11) is 1.72. The third-order valence-corrected chi connectivity index (χ3v) is 2.57. The zero-order valence-electron chi connectivity index (χ0n) is 10.2. The van der Waals surface area contributed by atoms with Crippen LogP contribution in [0.1, 0.15) is 20.8 Å². The molecule has 0 unspecified atom stereocenters. The number of amides is 2. The van der Waals surface area contributed by atoms with E-state index in [0.29, 0.717) is 5.69 Å². The SMILES string of the molecule is Cn1cccc1C(=O)NNC(=O)c1ccc(F)cc1. The van der Waals surface area contributed by atoms with Gasteiger partial charge in [-0.05, 0) is 36.4 Å². The molecule has 0 aliphatic heterocycles. The lowest BCUT2D eigenvalue weighted by molar-refractivity contribution is 0.0842. The van der Waals surface area contributed by atoms with Crippen LogP contribution >= 0.6 is 0 Å². The third-order valence-electron chi connectivity index (χ3n) is 2.57. The standard InChI is InChI=1S/C13H12FN3O2/c1-17-8-2-3-11(17)13(19)16-15-12(18)9-4-6-10(14)7-5-9/h2-8H,1H3,(H,15,18)(H,16,19). The van der Waals surface area contributed by atoms with Crippen molar-refractivity contribution >= 4 is 11.8 Å². The maximum absolute atomic E-state index is 12.7. The second kappa shape index (κ2) is 5.34. The Balaban J connectivity index is 1.96. The van der Waals surface area contributed by atoms with Gasteiger partial charge in [0.15, 0.2) is 0 Å². The van der Waals surface area contributed by atoms with Crippen LogP contribution in [0.2, 0.25) is 0 Å². The molecule has 0 saturated carbocycles. The molecular formula is C13H12FN3O2.